The smallest absolute Gasteiger partial charge is 0.261 e. The van der Waals surface area contributed by atoms with Crippen LogP contribution in [0.1, 0.15) is 20.7 Å². The summed E-state index contributed by atoms with van der Waals surface area (Å²) < 4.78 is 0. The highest BCUT2D eigenvalue weighted by Gasteiger charge is 2.36. The summed E-state index contributed by atoms with van der Waals surface area (Å²) in [4.78, 5) is 24.9. The quantitative estimate of drug-likeness (QED) is 0.558. The summed E-state index contributed by atoms with van der Waals surface area (Å²) in [6, 6.07) is 3.36. The van der Waals surface area contributed by atoms with Crippen molar-refractivity contribution in [2.75, 3.05) is 7.05 Å². The van der Waals surface area contributed by atoms with E-state index in [9.17, 15) is 9.59 Å². The molecule has 1 aromatic carbocycles. The first-order valence-corrected chi connectivity index (χ1v) is 8.36. The summed E-state index contributed by atoms with van der Waals surface area (Å²) in [6.45, 7) is 4.19. The Balaban J connectivity index is 2.76. The molecule has 0 spiro atoms. The van der Waals surface area contributed by atoms with Gasteiger partial charge in [0.1, 0.15) is 0 Å². The van der Waals surface area contributed by atoms with Crippen LogP contribution in [-0.2, 0) is 0 Å². The molecule has 0 bridgehead atoms. The third-order valence-corrected chi connectivity index (χ3v) is 5.09. The minimum atomic E-state index is -1.24. The van der Waals surface area contributed by atoms with Crippen LogP contribution >= 0.6 is 11.6 Å². The molecule has 2 amide bonds. The van der Waals surface area contributed by atoms with Gasteiger partial charge < -0.3 is 0 Å². The first-order valence-electron chi connectivity index (χ1n) is 5.10. The molecule has 16 heavy (non-hydrogen) atoms. The van der Waals surface area contributed by atoms with E-state index in [-0.39, 0.29) is 11.8 Å². The average Bonchev–Trinajstić information content (AvgIpc) is 2.43. The SMILES string of the molecule is CN1C(=O)c2ccc(Cl)c([SiH](C)C)c2C1=O. The number of carbonyl (C=O) groups is 2. The minimum absolute atomic E-state index is 0.223. The maximum atomic E-state index is 12.0. The van der Waals surface area contributed by atoms with Crippen molar-refractivity contribution in [2.45, 2.75) is 13.1 Å². The molecular formula is C11H12ClNO2Si. The number of carbonyl (C=O) groups excluding carboxylic acids is 2. The van der Waals surface area contributed by atoms with Gasteiger partial charge in [0, 0.05) is 12.1 Å². The number of fused-ring (bicyclic) bond motifs is 1. The highest BCUT2D eigenvalue weighted by atomic mass is 35.5. The molecule has 0 aromatic heterocycles. The fourth-order valence-corrected chi connectivity index (χ4v) is 4.32. The number of benzene rings is 1. The van der Waals surface area contributed by atoms with Gasteiger partial charge in [0.25, 0.3) is 11.8 Å². The van der Waals surface area contributed by atoms with Crippen LogP contribution < -0.4 is 5.19 Å². The van der Waals surface area contributed by atoms with Crippen molar-refractivity contribution in [3.05, 3.63) is 28.3 Å². The van der Waals surface area contributed by atoms with E-state index in [0.717, 1.165) is 10.1 Å². The summed E-state index contributed by atoms with van der Waals surface area (Å²) in [6.07, 6.45) is 0. The fourth-order valence-electron chi connectivity index (χ4n) is 2.01. The third kappa shape index (κ3) is 1.41. The van der Waals surface area contributed by atoms with Crippen molar-refractivity contribution < 1.29 is 9.59 Å². The second-order valence-corrected chi connectivity index (χ2v) is 7.50. The fraction of sp³-hybridized carbons (Fsp3) is 0.273. The highest BCUT2D eigenvalue weighted by molar-refractivity contribution is 6.75. The number of hydrogen-bond acceptors (Lipinski definition) is 2. The Morgan fingerprint density at radius 1 is 1.19 bits per heavy atom. The molecule has 1 aromatic rings. The summed E-state index contributed by atoms with van der Waals surface area (Å²) >= 11 is 6.12. The lowest BCUT2D eigenvalue weighted by molar-refractivity contribution is 0.0693. The van der Waals surface area contributed by atoms with Gasteiger partial charge in [-0.05, 0) is 17.3 Å². The van der Waals surface area contributed by atoms with E-state index >= 15 is 0 Å². The topological polar surface area (TPSA) is 37.4 Å². The van der Waals surface area contributed by atoms with E-state index in [4.69, 9.17) is 11.6 Å². The second-order valence-electron chi connectivity index (χ2n) is 4.21. The zero-order chi connectivity index (χ0) is 12.0. The Bertz CT molecular complexity index is 499. The van der Waals surface area contributed by atoms with Gasteiger partial charge in [-0.25, -0.2) is 0 Å². The Morgan fingerprint density at radius 2 is 1.81 bits per heavy atom. The summed E-state index contributed by atoms with van der Waals surface area (Å²) in [5.74, 6) is -0.453. The van der Waals surface area contributed by atoms with Crippen LogP contribution in [0.3, 0.4) is 0 Å². The zero-order valence-corrected chi connectivity index (χ0v) is 11.3. The summed E-state index contributed by atoms with van der Waals surface area (Å²) in [5.41, 5.74) is 1.02. The van der Waals surface area contributed by atoms with Crippen LogP contribution in [0.25, 0.3) is 0 Å². The van der Waals surface area contributed by atoms with Gasteiger partial charge in [-0.2, -0.15) is 0 Å². The lowest BCUT2D eigenvalue weighted by atomic mass is 10.1. The molecule has 0 atom stereocenters. The molecule has 1 heterocycles. The van der Waals surface area contributed by atoms with Crippen molar-refractivity contribution in [3.63, 3.8) is 0 Å². The van der Waals surface area contributed by atoms with Gasteiger partial charge in [0.15, 0.2) is 0 Å². The van der Waals surface area contributed by atoms with Gasteiger partial charge in [0.2, 0.25) is 0 Å². The number of hydrogen-bond donors (Lipinski definition) is 0. The van der Waals surface area contributed by atoms with Gasteiger partial charge in [-0.15, -0.1) is 0 Å². The molecule has 0 N–H and O–H groups in total. The molecule has 2 rings (SSSR count). The van der Waals surface area contributed by atoms with E-state index in [1.165, 1.54) is 7.05 Å². The molecule has 0 radical (unpaired) electrons. The van der Waals surface area contributed by atoms with E-state index in [1.807, 2.05) is 0 Å². The Hall–Kier alpha value is -1.13. The lowest BCUT2D eigenvalue weighted by Crippen LogP contribution is -2.32. The van der Waals surface area contributed by atoms with Crippen molar-refractivity contribution >= 4 is 37.4 Å². The van der Waals surface area contributed by atoms with Gasteiger partial charge in [-0.1, -0.05) is 24.7 Å². The molecule has 1 aliphatic heterocycles. The molecule has 0 fully saturated rings. The highest BCUT2D eigenvalue weighted by Crippen LogP contribution is 2.23. The lowest BCUT2D eigenvalue weighted by Gasteiger charge is -2.11. The largest absolute Gasteiger partial charge is 0.277 e. The summed E-state index contributed by atoms with van der Waals surface area (Å²) in [5, 5.41) is 1.51. The number of imide groups is 1. The molecule has 1 aliphatic rings. The Morgan fingerprint density at radius 3 is 2.38 bits per heavy atom. The first-order chi connectivity index (χ1) is 7.45. The van der Waals surface area contributed by atoms with Gasteiger partial charge >= 0.3 is 0 Å². The maximum absolute atomic E-state index is 12.0. The van der Waals surface area contributed by atoms with Crippen LogP contribution in [0.2, 0.25) is 18.1 Å². The Kier molecular flexibility index (Phi) is 2.63. The van der Waals surface area contributed by atoms with Crippen molar-refractivity contribution in [2.24, 2.45) is 0 Å². The molecule has 0 aliphatic carbocycles. The molecule has 5 heteroatoms. The number of amides is 2. The van der Waals surface area contributed by atoms with E-state index < -0.39 is 8.80 Å². The van der Waals surface area contributed by atoms with E-state index in [2.05, 4.69) is 13.1 Å². The molecule has 0 unspecified atom stereocenters. The van der Waals surface area contributed by atoms with Crippen LogP contribution in [0.4, 0.5) is 0 Å². The standard InChI is InChI=1S/C11H12ClNO2Si/c1-13-10(14)6-4-5-7(12)9(16(2)3)8(6)11(13)15/h4-5,16H,1-3H3. The van der Waals surface area contributed by atoms with Crippen molar-refractivity contribution in [3.8, 4) is 0 Å². The predicted octanol–water partition coefficient (Wildman–Crippen LogP) is 1.26. The van der Waals surface area contributed by atoms with Crippen molar-refractivity contribution in [1.82, 2.24) is 4.90 Å². The third-order valence-electron chi connectivity index (χ3n) is 2.82. The second kappa shape index (κ2) is 3.71. The predicted molar refractivity (Wildman–Crippen MR) is 66.4 cm³/mol. The number of nitrogens with zero attached hydrogens (tertiary/aromatic N) is 1. The zero-order valence-electron chi connectivity index (χ0n) is 9.37. The number of rotatable bonds is 1. The van der Waals surface area contributed by atoms with Crippen molar-refractivity contribution in [1.29, 1.82) is 0 Å². The van der Waals surface area contributed by atoms with Gasteiger partial charge in [0.05, 0.1) is 19.9 Å². The molecule has 84 valence electrons. The maximum Gasteiger partial charge on any atom is 0.261 e. The Labute approximate surface area is 101 Å². The van der Waals surface area contributed by atoms with Crippen LogP contribution in [0.5, 0.6) is 0 Å². The number of halogens is 1. The normalized spacial score (nSPS) is 14.9. The van der Waals surface area contributed by atoms with E-state index in [1.54, 1.807) is 12.1 Å². The van der Waals surface area contributed by atoms with Crippen LogP contribution in [-0.4, -0.2) is 32.6 Å². The average molecular weight is 254 g/mol. The van der Waals surface area contributed by atoms with Gasteiger partial charge in [-0.3, -0.25) is 14.5 Å². The summed E-state index contributed by atoms with van der Waals surface area (Å²) in [7, 11) is 0.266. The minimum Gasteiger partial charge on any atom is -0.277 e. The monoisotopic (exact) mass is 253 g/mol. The molecule has 3 nitrogen and oxygen atoms in total. The van der Waals surface area contributed by atoms with Crippen LogP contribution in [0, 0.1) is 0 Å². The molecular weight excluding hydrogens is 242 g/mol. The van der Waals surface area contributed by atoms with Crippen LogP contribution in [0.15, 0.2) is 12.1 Å². The molecule has 0 saturated carbocycles. The van der Waals surface area contributed by atoms with E-state index in [0.29, 0.717) is 16.1 Å². The first kappa shape index (κ1) is 11.4. The molecule has 0 saturated heterocycles.